The molecule has 9 heteroatoms. The first-order chi connectivity index (χ1) is 13.8. The lowest BCUT2D eigenvalue weighted by Crippen LogP contribution is -2.24. The van der Waals surface area contributed by atoms with E-state index < -0.39 is 5.25 Å². The van der Waals surface area contributed by atoms with Crippen molar-refractivity contribution in [1.29, 1.82) is 0 Å². The normalized spacial score (nSPS) is 11.9. The smallest absolute Gasteiger partial charge is 0.237 e. The highest BCUT2D eigenvalue weighted by molar-refractivity contribution is 8.00. The van der Waals surface area contributed by atoms with Crippen molar-refractivity contribution in [2.45, 2.75) is 37.8 Å². The van der Waals surface area contributed by atoms with E-state index in [2.05, 4.69) is 15.5 Å². The molecule has 29 heavy (non-hydrogen) atoms. The van der Waals surface area contributed by atoms with Crippen molar-refractivity contribution in [2.75, 3.05) is 11.2 Å². The fourth-order valence-corrected chi connectivity index (χ4v) is 3.43. The molecule has 0 saturated carbocycles. The molecule has 1 amide bonds. The molecule has 0 unspecified atom stereocenters. The summed E-state index contributed by atoms with van der Waals surface area (Å²) in [5.74, 6) is 6.70. The maximum absolute atomic E-state index is 13.0. The molecule has 1 atom stereocenters. The Hall–Kier alpha value is -3.07. The summed E-state index contributed by atoms with van der Waals surface area (Å²) < 4.78 is 20.2. The van der Waals surface area contributed by atoms with E-state index in [0.29, 0.717) is 16.7 Å². The van der Waals surface area contributed by atoms with Gasteiger partial charge in [0, 0.05) is 5.69 Å². The molecule has 1 aromatic heterocycles. The van der Waals surface area contributed by atoms with E-state index >= 15 is 0 Å². The van der Waals surface area contributed by atoms with Gasteiger partial charge < -0.3 is 15.9 Å². The third-order valence-corrected chi connectivity index (χ3v) is 5.31. The number of nitrogens with zero attached hydrogens (tertiary/aromatic N) is 3. The number of ether oxygens (including phenoxy) is 1. The number of amides is 1. The Labute approximate surface area is 172 Å². The minimum Gasteiger partial charge on any atom is -0.485 e. The van der Waals surface area contributed by atoms with Gasteiger partial charge in [-0.05, 0) is 56.2 Å². The van der Waals surface area contributed by atoms with Crippen LogP contribution in [0.1, 0.15) is 23.9 Å². The predicted octanol–water partition coefficient (Wildman–Crippen LogP) is 3.45. The van der Waals surface area contributed by atoms with Crippen LogP contribution in [-0.2, 0) is 11.4 Å². The fourth-order valence-electron chi connectivity index (χ4n) is 2.64. The quantitative estimate of drug-likeness (QED) is 0.453. The number of nitrogens with two attached hydrogens (primary N) is 1. The van der Waals surface area contributed by atoms with E-state index in [4.69, 9.17) is 10.6 Å². The van der Waals surface area contributed by atoms with Crippen LogP contribution in [0.4, 0.5) is 10.1 Å². The number of benzene rings is 2. The first-order valence-corrected chi connectivity index (χ1v) is 9.84. The van der Waals surface area contributed by atoms with Crippen LogP contribution >= 0.6 is 11.8 Å². The van der Waals surface area contributed by atoms with Gasteiger partial charge in [0.25, 0.3) is 0 Å². The van der Waals surface area contributed by atoms with E-state index in [1.807, 2.05) is 32.0 Å². The zero-order chi connectivity index (χ0) is 21.0. The van der Waals surface area contributed by atoms with E-state index in [0.717, 1.165) is 16.9 Å². The van der Waals surface area contributed by atoms with Gasteiger partial charge in [0.1, 0.15) is 18.2 Å². The van der Waals surface area contributed by atoms with Gasteiger partial charge in [-0.1, -0.05) is 30.0 Å². The van der Waals surface area contributed by atoms with Gasteiger partial charge in [-0.3, -0.25) is 4.79 Å². The average Bonchev–Trinajstić information content (AvgIpc) is 3.03. The standard InChI is InChI=1S/C20H22FN5O2S/c1-12-5-4-6-13(2)18(12)28-11-17-24-25-20(26(17)22)29-14(3)19(27)23-16-9-7-15(21)8-10-16/h4-10,14H,11,22H2,1-3H3,(H,23,27)/t14-/m0/s1. The van der Waals surface area contributed by atoms with Crippen molar-refractivity contribution in [3.05, 3.63) is 65.2 Å². The summed E-state index contributed by atoms with van der Waals surface area (Å²) in [6.07, 6.45) is 0. The molecular weight excluding hydrogens is 393 g/mol. The summed E-state index contributed by atoms with van der Waals surface area (Å²) in [5.41, 5.74) is 2.56. The summed E-state index contributed by atoms with van der Waals surface area (Å²) >= 11 is 1.17. The number of aryl methyl sites for hydroxylation is 2. The number of nitrogens with one attached hydrogen (secondary N) is 1. The monoisotopic (exact) mass is 415 g/mol. The van der Waals surface area contributed by atoms with Crippen LogP contribution in [0.15, 0.2) is 47.6 Å². The number of anilines is 1. The molecule has 0 fully saturated rings. The van der Waals surface area contributed by atoms with Gasteiger partial charge in [0.15, 0.2) is 5.82 Å². The summed E-state index contributed by atoms with van der Waals surface area (Å²) in [4.78, 5) is 12.4. The lowest BCUT2D eigenvalue weighted by Gasteiger charge is -2.12. The van der Waals surface area contributed by atoms with Gasteiger partial charge >= 0.3 is 0 Å². The Morgan fingerprint density at radius 1 is 1.21 bits per heavy atom. The number of hydrogen-bond acceptors (Lipinski definition) is 6. The summed E-state index contributed by atoms with van der Waals surface area (Å²) in [6.45, 7) is 5.83. The highest BCUT2D eigenvalue weighted by Crippen LogP contribution is 2.25. The SMILES string of the molecule is Cc1cccc(C)c1OCc1nnc(S[C@@H](C)C(=O)Nc2ccc(F)cc2)n1N. The lowest BCUT2D eigenvalue weighted by molar-refractivity contribution is -0.115. The predicted molar refractivity (Wildman–Crippen MR) is 111 cm³/mol. The van der Waals surface area contributed by atoms with Crippen LogP contribution in [0.2, 0.25) is 0 Å². The van der Waals surface area contributed by atoms with Crippen molar-refractivity contribution < 1.29 is 13.9 Å². The Bertz CT molecular complexity index is 986. The number of thioether (sulfide) groups is 1. The maximum Gasteiger partial charge on any atom is 0.237 e. The first kappa shape index (κ1) is 20.7. The molecular formula is C20H22FN5O2S. The molecule has 0 aliphatic heterocycles. The number of halogens is 1. The zero-order valence-electron chi connectivity index (χ0n) is 16.3. The zero-order valence-corrected chi connectivity index (χ0v) is 17.2. The minimum atomic E-state index is -0.487. The number of rotatable bonds is 7. The molecule has 3 aromatic rings. The molecule has 2 aromatic carbocycles. The number of nitrogen functional groups attached to an aromatic ring is 1. The second-order valence-corrected chi connectivity index (χ2v) is 7.84. The van der Waals surface area contributed by atoms with Crippen molar-refractivity contribution >= 4 is 23.4 Å². The second-order valence-electron chi connectivity index (χ2n) is 6.53. The molecule has 0 aliphatic rings. The third-order valence-electron chi connectivity index (χ3n) is 4.25. The summed E-state index contributed by atoms with van der Waals surface area (Å²) in [6, 6.07) is 11.5. The molecule has 0 aliphatic carbocycles. The number of hydrogen-bond donors (Lipinski definition) is 2. The van der Waals surface area contributed by atoms with Crippen LogP contribution in [-0.4, -0.2) is 26.0 Å². The highest BCUT2D eigenvalue weighted by Gasteiger charge is 2.20. The third kappa shape index (κ3) is 5.05. The summed E-state index contributed by atoms with van der Waals surface area (Å²) in [5, 5.41) is 10.8. The van der Waals surface area contributed by atoms with E-state index in [1.54, 1.807) is 6.92 Å². The molecule has 0 radical (unpaired) electrons. The lowest BCUT2D eigenvalue weighted by atomic mass is 10.1. The van der Waals surface area contributed by atoms with Crippen molar-refractivity contribution in [1.82, 2.24) is 14.9 Å². The second kappa shape index (κ2) is 8.95. The number of carbonyl (C=O) groups excluding carboxylic acids is 1. The largest absolute Gasteiger partial charge is 0.485 e. The van der Waals surface area contributed by atoms with Crippen molar-refractivity contribution in [3.63, 3.8) is 0 Å². The van der Waals surface area contributed by atoms with E-state index in [9.17, 15) is 9.18 Å². The molecule has 152 valence electrons. The Morgan fingerprint density at radius 2 is 1.86 bits per heavy atom. The Morgan fingerprint density at radius 3 is 2.52 bits per heavy atom. The van der Waals surface area contributed by atoms with Gasteiger partial charge in [-0.2, -0.15) is 0 Å². The van der Waals surface area contributed by atoms with E-state index in [-0.39, 0.29) is 18.3 Å². The fraction of sp³-hybridized carbons (Fsp3) is 0.250. The Kier molecular flexibility index (Phi) is 6.38. The van der Waals surface area contributed by atoms with Crippen molar-refractivity contribution in [3.8, 4) is 5.75 Å². The molecule has 7 nitrogen and oxygen atoms in total. The Balaban J connectivity index is 1.61. The van der Waals surface area contributed by atoms with Crippen molar-refractivity contribution in [2.24, 2.45) is 0 Å². The molecule has 0 bridgehead atoms. The molecule has 0 spiro atoms. The van der Waals surface area contributed by atoms with Gasteiger partial charge in [-0.25, -0.2) is 9.07 Å². The van der Waals surface area contributed by atoms with E-state index in [1.165, 1.54) is 40.7 Å². The molecule has 0 saturated heterocycles. The minimum absolute atomic E-state index is 0.159. The van der Waals surface area contributed by atoms with Crippen LogP contribution in [0.3, 0.4) is 0 Å². The van der Waals surface area contributed by atoms with Crippen LogP contribution in [0, 0.1) is 19.7 Å². The van der Waals surface area contributed by atoms with Crippen LogP contribution < -0.4 is 15.9 Å². The van der Waals surface area contributed by atoms with Crippen LogP contribution in [0.5, 0.6) is 5.75 Å². The van der Waals surface area contributed by atoms with Crippen LogP contribution in [0.25, 0.3) is 0 Å². The number of carbonyl (C=O) groups is 1. The van der Waals surface area contributed by atoms with Gasteiger partial charge in [0.2, 0.25) is 11.1 Å². The number of aromatic nitrogens is 3. The molecule has 1 heterocycles. The van der Waals surface area contributed by atoms with Gasteiger partial charge in [-0.15, -0.1) is 10.2 Å². The summed E-state index contributed by atoms with van der Waals surface area (Å²) in [7, 11) is 0. The maximum atomic E-state index is 13.0. The molecule has 3 N–H and O–H groups in total. The topological polar surface area (TPSA) is 95.1 Å². The highest BCUT2D eigenvalue weighted by atomic mass is 32.2. The van der Waals surface area contributed by atoms with Gasteiger partial charge in [0.05, 0.1) is 5.25 Å². The molecule has 3 rings (SSSR count). The first-order valence-electron chi connectivity index (χ1n) is 8.96. The average molecular weight is 415 g/mol. The number of para-hydroxylation sites is 1.